The second kappa shape index (κ2) is 15.7. The van der Waals surface area contributed by atoms with Gasteiger partial charge in [-0.1, -0.05) is 129 Å². The maximum Gasteiger partial charge on any atom is 0.137 e. The van der Waals surface area contributed by atoms with Crippen molar-refractivity contribution in [3.8, 4) is 67.8 Å². The van der Waals surface area contributed by atoms with Gasteiger partial charge in [0, 0.05) is 73.7 Å². The van der Waals surface area contributed by atoms with Gasteiger partial charge in [-0.25, -0.2) is 0 Å². The molecular formula is C62H43N3O2. The number of aromatic hydroxyl groups is 1. The molecule has 0 spiro atoms. The zero-order valence-electron chi connectivity index (χ0n) is 37.0. The van der Waals surface area contributed by atoms with Gasteiger partial charge in [-0.3, -0.25) is 0 Å². The highest BCUT2D eigenvalue weighted by Crippen LogP contribution is 2.53. The van der Waals surface area contributed by atoms with E-state index < -0.39 is 0 Å². The fourth-order valence-electron chi connectivity index (χ4n) is 10.4. The van der Waals surface area contributed by atoms with Crippen LogP contribution in [-0.2, 0) is 5.41 Å². The number of rotatable bonds is 8. The van der Waals surface area contributed by atoms with Crippen molar-refractivity contribution in [1.82, 2.24) is 0 Å². The smallest absolute Gasteiger partial charge is 0.137 e. The molecular weight excluding hydrogens is 819 g/mol. The van der Waals surface area contributed by atoms with Crippen LogP contribution >= 0.6 is 0 Å². The van der Waals surface area contributed by atoms with Gasteiger partial charge in [0.25, 0.3) is 0 Å². The third kappa shape index (κ3) is 6.53. The Balaban J connectivity index is 0.960. The minimum Gasteiger partial charge on any atom is -0.507 e. The van der Waals surface area contributed by atoms with Crippen molar-refractivity contribution in [2.45, 2.75) is 19.3 Å². The molecule has 0 unspecified atom stereocenters. The summed E-state index contributed by atoms with van der Waals surface area (Å²) in [5.74, 6) is 1.70. The lowest BCUT2D eigenvalue weighted by atomic mass is 9.82. The summed E-state index contributed by atoms with van der Waals surface area (Å²) < 4.78 is 6.79. The molecule has 10 aromatic carbocycles. The molecule has 0 atom stereocenters. The normalized spacial score (nSPS) is 12.6. The number of phenolic OH excluding ortho intramolecular Hbond substituents is 1. The van der Waals surface area contributed by atoms with Crippen LogP contribution in [0, 0.1) is 11.3 Å². The number of phenols is 1. The predicted molar refractivity (Wildman–Crippen MR) is 274 cm³/mol. The summed E-state index contributed by atoms with van der Waals surface area (Å²) in [5, 5.41) is 24.5. The molecule has 0 saturated heterocycles. The van der Waals surface area contributed by atoms with Gasteiger partial charge >= 0.3 is 0 Å². The molecule has 2 aliphatic rings. The molecule has 10 aromatic rings. The van der Waals surface area contributed by atoms with Crippen LogP contribution in [0.4, 0.5) is 34.1 Å². The Morgan fingerprint density at radius 1 is 0.418 bits per heavy atom. The first-order valence-corrected chi connectivity index (χ1v) is 22.6. The van der Waals surface area contributed by atoms with E-state index in [9.17, 15) is 10.4 Å². The molecule has 1 aliphatic heterocycles. The standard InChI is InChI=1S/C62H43N3O2/c1-62(2)56-24-13-12-21-49(56)50-30-27-45(36-57(50)62)65(44-26-25-41(39-63)55(35-44)40-15-6-3-7-16-40)46-28-31-51(58(66)37-46)48-33-34-59-61-53(48)22-14-23-54(61)52-32-29-47(38-60(52)67-59)64(42-17-8-4-9-18-42)43-19-10-5-11-20-43/h3-38,66H,1-2H3. The minimum atomic E-state index is -0.217. The van der Waals surface area contributed by atoms with Crippen molar-refractivity contribution in [3.05, 3.63) is 235 Å². The fourth-order valence-corrected chi connectivity index (χ4v) is 10.4. The van der Waals surface area contributed by atoms with Crippen LogP contribution in [0.5, 0.6) is 17.2 Å². The van der Waals surface area contributed by atoms with Crippen LogP contribution in [0.3, 0.4) is 0 Å². The topological polar surface area (TPSA) is 59.7 Å². The molecule has 0 amide bonds. The summed E-state index contributed by atoms with van der Waals surface area (Å²) in [4.78, 5) is 4.42. The molecule has 1 heterocycles. The molecule has 67 heavy (non-hydrogen) atoms. The fraction of sp³-hybridized carbons (Fsp3) is 0.0484. The number of nitriles is 1. The zero-order chi connectivity index (χ0) is 45.2. The van der Waals surface area contributed by atoms with Crippen LogP contribution < -0.4 is 14.5 Å². The van der Waals surface area contributed by atoms with E-state index in [4.69, 9.17) is 4.74 Å². The number of hydrogen-bond donors (Lipinski definition) is 1. The van der Waals surface area contributed by atoms with Crippen molar-refractivity contribution in [2.75, 3.05) is 9.80 Å². The third-order valence-electron chi connectivity index (χ3n) is 13.6. The SMILES string of the molecule is CC1(C)c2ccccc2-c2ccc(N(c3ccc(-c4ccc5c6c(cccc46)-c4ccc(N(c6ccccc6)c6ccccc6)cc4O5)c(O)c3)c3ccc(C#N)c(-c4ccccc4)c3)cc21. The average molecular weight is 862 g/mol. The van der Waals surface area contributed by atoms with Crippen LogP contribution in [-0.4, -0.2) is 5.11 Å². The van der Waals surface area contributed by atoms with Gasteiger partial charge in [0.05, 0.1) is 11.6 Å². The number of anilines is 6. The number of benzene rings is 10. The van der Waals surface area contributed by atoms with E-state index in [-0.39, 0.29) is 11.2 Å². The first-order chi connectivity index (χ1) is 32.9. The average Bonchev–Trinajstić information content (AvgIpc) is 3.60. The maximum atomic E-state index is 12.3. The van der Waals surface area contributed by atoms with Gasteiger partial charge < -0.3 is 19.6 Å². The summed E-state index contributed by atoms with van der Waals surface area (Å²) in [6.45, 7) is 4.57. The van der Waals surface area contributed by atoms with Crippen molar-refractivity contribution < 1.29 is 9.84 Å². The van der Waals surface area contributed by atoms with Gasteiger partial charge in [0.2, 0.25) is 0 Å². The van der Waals surface area contributed by atoms with Crippen molar-refractivity contribution in [2.24, 2.45) is 0 Å². The van der Waals surface area contributed by atoms with Crippen molar-refractivity contribution in [1.29, 1.82) is 5.26 Å². The van der Waals surface area contributed by atoms with E-state index in [1.165, 1.54) is 22.3 Å². The summed E-state index contributed by atoms with van der Waals surface area (Å²) in [5.41, 5.74) is 16.6. The molecule has 1 aliphatic carbocycles. The Labute approximate surface area is 390 Å². The highest BCUT2D eigenvalue weighted by Gasteiger charge is 2.36. The summed E-state index contributed by atoms with van der Waals surface area (Å²) >= 11 is 0. The van der Waals surface area contributed by atoms with Crippen LogP contribution in [0.25, 0.3) is 55.3 Å². The van der Waals surface area contributed by atoms with Crippen LogP contribution in [0.1, 0.15) is 30.5 Å². The highest BCUT2D eigenvalue weighted by atomic mass is 16.5. The van der Waals surface area contributed by atoms with Gasteiger partial charge in [0.1, 0.15) is 17.2 Å². The van der Waals surface area contributed by atoms with E-state index in [1.807, 2.05) is 72.8 Å². The molecule has 0 aromatic heterocycles. The second-order valence-electron chi connectivity index (χ2n) is 17.8. The number of hydrogen-bond acceptors (Lipinski definition) is 5. The minimum absolute atomic E-state index is 0.151. The Kier molecular flexibility index (Phi) is 9.30. The number of nitrogens with zero attached hydrogens (tertiary/aromatic N) is 3. The van der Waals surface area contributed by atoms with Crippen LogP contribution in [0.15, 0.2) is 218 Å². The second-order valence-corrected chi connectivity index (χ2v) is 17.8. The quantitative estimate of drug-likeness (QED) is 0.165. The Hall–Kier alpha value is -8.85. The van der Waals surface area contributed by atoms with Crippen molar-refractivity contribution >= 4 is 44.9 Å². The molecule has 318 valence electrons. The number of fused-ring (bicyclic) bond motifs is 5. The lowest BCUT2D eigenvalue weighted by Crippen LogP contribution is -2.16. The lowest BCUT2D eigenvalue weighted by molar-refractivity contribution is 0.477. The summed E-state index contributed by atoms with van der Waals surface area (Å²) in [6, 6.07) is 77.3. The Bertz CT molecular complexity index is 3570. The van der Waals surface area contributed by atoms with Gasteiger partial charge in [-0.2, -0.15) is 5.26 Å². The van der Waals surface area contributed by atoms with Gasteiger partial charge in [0.15, 0.2) is 0 Å². The number of ether oxygens (including phenoxy) is 1. The van der Waals surface area contributed by atoms with E-state index in [2.05, 4.69) is 175 Å². The molecule has 12 rings (SSSR count). The van der Waals surface area contributed by atoms with Gasteiger partial charge in [-0.15, -0.1) is 0 Å². The van der Waals surface area contributed by atoms with Crippen LogP contribution in [0.2, 0.25) is 0 Å². The van der Waals surface area contributed by atoms with Crippen molar-refractivity contribution in [3.63, 3.8) is 0 Å². The molecule has 1 N–H and O–H groups in total. The first-order valence-electron chi connectivity index (χ1n) is 22.6. The lowest BCUT2D eigenvalue weighted by Gasteiger charge is -2.29. The zero-order valence-corrected chi connectivity index (χ0v) is 37.0. The molecule has 0 saturated carbocycles. The van der Waals surface area contributed by atoms with E-state index in [0.717, 1.165) is 84.2 Å². The third-order valence-corrected chi connectivity index (χ3v) is 13.6. The Morgan fingerprint density at radius 2 is 0.970 bits per heavy atom. The molecule has 0 fully saturated rings. The number of para-hydroxylation sites is 2. The summed E-state index contributed by atoms with van der Waals surface area (Å²) in [6.07, 6.45) is 0. The van der Waals surface area contributed by atoms with Gasteiger partial charge in [-0.05, 0) is 135 Å². The summed E-state index contributed by atoms with van der Waals surface area (Å²) in [7, 11) is 0. The predicted octanol–water partition coefficient (Wildman–Crippen LogP) is 16.8. The molecule has 5 heteroatoms. The first kappa shape index (κ1) is 39.7. The van der Waals surface area contributed by atoms with E-state index in [0.29, 0.717) is 11.1 Å². The van der Waals surface area contributed by atoms with E-state index >= 15 is 0 Å². The molecule has 0 radical (unpaired) electrons. The molecule has 0 bridgehead atoms. The monoisotopic (exact) mass is 861 g/mol. The maximum absolute atomic E-state index is 12.3. The Morgan fingerprint density at radius 3 is 1.69 bits per heavy atom. The highest BCUT2D eigenvalue weighted by molar-refractivity contribution is 6.10. The molecule has 5 nitrogen and oxygen atoms in total. The van der Waals surface area contributed by atoms with E-state index in [1.54, 1.807) is 0 Å². The largest absolute Gasteiger partial charge is 0.507 e.